The van der Waals surface area contributed by atoms with Crippen LogP contribution in [0.15, 0.2) is 66.7 Å². The fourth-order valence-electron chi connectivity index (χ4n) is 7.62. The molecule has 9 heteroatoms. The van der Waals surface area contributed by atoms with E-state index in [2.05, 4.69) is 23.5 Å². The number of carbonyl (C=O) groups is 1. The molecular formula is C37H44N2O7. The predicted molar refractivity (Wildman–Crippen MR) is 174 cm³/mol. The monoisotopic (exact) mass is 628 g/mol. The number of phenolic OH excluding ortho intramolecular Hbond substituents is 3. The highest BCUT2D eigenvalue weighted by Crippen LogP contribution is 2.58. The Morgan fingerprint density at radius 3 is 2.52 bits per heavy atom. The maximum atomic E-state index is 13.2. The van der Waals surface area contributed by atoms with Crippen LogP contribution < -0.4 is 20.5 Å². The molecule has 7 rings (SSSR count). The van der Waals surface area contributed by atoms with Crippen molar-refractivity contribution in [2.24, 2.45) is 17.6 Å². The molecule has 2 bridgehead atoms. The van der Waals surface area contributed by atoms with Crippen molar-refractivity contribution in [3.63, 3.8) is 0 Å². The summed E-state index contributed by atoms with van der Waals surface area (Å²) in [4.78, 5) is 13.2. The molecule has 1 fully saturated rings. The van der Waals surface area contributed by atoms with Crippen molar-refractivity contribution in [2.75, 3.05) is 19.8 Å². The highest BCUT2D eigenvalue weighted by Gasteiger charge is 2.45. The first-order valence-electron chi connectivity index (χ1n) is 16.3. The number of piperidine rings is 1. The van der Waals surface area contributed by atoms with Gasteiger partial charge < -0.3 is 35.2 Å². The summed E-state index contributed by atoms with van der Waals surface area (Å²) in [6.07, 6.45) is 6.94. The van der Waals surface area contributed by atoms with Gasteiger partial charge in [0.1, 0.15) is 18.6 Å². The maximum Gasteiger partial charge on any atom is 0.200 e. The predicted octanol–water partition coefficient (Wildman–Crippen LogP) is 4.80. The van der Waals surface area contributed by atoms with Gasteiger partial charge in [-0.25, -0.2) is 0 Å². The minimum atomic E-state index is -0.947. The third kappa shape index (κ3) is 6.87. The van der Waals surface area contributed by atoms with E-state index in [1.54, 1.807) is 18.2 Å². The molecule has 9 nitrogen and oxygen atoms in total. The van der Waals surface area contributed by atoms with Crippen LogP contribution in [0.25, 0.3) is 0 Å². The van der Waals surface area contributed by atoms with E-state index < -0.39 is 6.10 Å². The molecule has 244 valence electrons. The van der Waals surface area contributed by atoms with Crippen molar-refractivity contribution in [1.82, 2.24) is 5.32 Å². The van der Waals surface area contributed by atoms with Gasteiger partial charge in [0, 0.05) is 30.2 Å². The lowest BCUT2D eigenvalue weighted by Crippen LogP contribution is -2.36. The van der Waals surface area contributed by atoms with E-state index in [-0.39, 0.29) is 78.1 Å². The van der Waals surface area contributed by atoms with Crippen LogP contribution in [0.1, 0.15) is 66.2 Å². The molecule has 1 heterocycles. The number of benzene rings is 3. The fourth-order valence-corrected chi connectivity index (χ4v) is 7.62. The number of carbonyl (C=O) groups excluding carboxylic acids is 1. The number of nitrogens with two attached hydrogens (primary N) is 1. The van der Waals surface area contributed by atoms with Gasteiger partial charge in [-0.05, 0) is 91.9 Å². The summed E-state index contributed by atoms with van der Waals surface area (Å²) in [5.41, 5.74) is 9.22. The van der Waals surface area contributed by atoms with Crippen LogP contribution in [-0.2, 0) is 17.6 Å². The van der Waals surface area contributed by atoms with Gasteiger partial charge in [0.15, 0.2) is 23.0 Å². The normalized spacial score (nSPS) is 23.0. The first-order chi connectivity index (χ1) is 22.3. The molecule has 0 amide bonds. The molecular weight excluding hydrogens is 584 g/mol. The van der Waals surface area contributed by atoms with Crippen LogP contribution in [0.4, 0.5) is 0 Å². The molecule has 3 aliphatic carbocycles. The summed E-state index contributed by atoms with van der Waals surface area (Å²) in [6.45, 7) is 1.58. The molecule has 4 aliphatic rings. The molecule has 0 unspecified atom stereocenters. The number of aromatic hydroxyl groups is 3. The zero-order valence-electron chi connectivity index (χ0n) is 26.0. The van der Waals surface area contributed by atoms with Gasteiger partial charge in [0.2, 0.25) is 5.75 Å². The number of aryl methyl sites for hydroxylation is 1. The van der Waals surface area contributed by atoms with E-state index >= 15 is 0 Å². The molecule has 0 aromatic heterocycles. The first kappa shape index (κ1) is 31.9. The van der Waals surface area contributed by atoms with Crippen molar-refractivity contribution in [2.45, 2.75) is 69.0 Å². The smallest absolute Gasteiger partial charge is 0.200 e. The summed E-state index contributed by atoms with van der Waals surface area (Å²) in [7, 11) is 0. The highest BCUT2D eigenvalue weighted by atomic mass is 16.5. The maximum absolute atomic E-state index is 13.2. The number of allylic oxidation sites excluding steroid dienone is 1. The lowest BCUT2D eigenvalue weighted by Gasteiger charge is -2.41. The molecule has 7 N–H and O–H groups in total. The Morgan fingerprint density at radius 1 is 0.978 bits per heavy atom. The summed E-state index contributed by atoms with van der Waals surface area (Å²) in [5.74, 6) is -0.471. The number of rotatable bonds is 12. The van der Waals surface area contributed by atoms with Crippen molar-refractivity contribution < 1.29 is 34.7 Å². The quantitative estimate of drug-likeness (QED) is 0.0943. The van der Waals surface area contributed by atoms with Crippen molar-refractivity contribution in [1.29, 1.82) is 0 Å². The second kappa shape index (κ2) is 14.2. The first-order valence-corrected chi connectivity index (χ1v) is 16.3. The van der Waals surface area contributed by atoms with E-state index in [1.807, 2.05) is 24.3 Å². The van der Waals surface area contributed by atoms with E-state index in [0.29, 0.717) is 12.2 Å². The standard InChI is InChI=1S/C37H44N2O7/c38-21-45-33-17-23(7-11-30(33)41)6-9-26(40)19-31(42)28-10-8-24-18-25(16-22-4-2-1-3-5-22)34(28)29-20-32(43)36(44)37(35(24)29)46-27-12-14-39-15-13-27/h1-5,7-8,10-11,17,20,24-25,27-28,31,34,39,41-44H,6,9,12-16,18-19,21,38H2/t24-,25-,28-,31-,34-/m0/s1. The van der Waals surface area contributed by atoms with Crippen molar-refractivity contribution in [3.05, 3.63) is 89.0 Å². The molecule has 0 radical (unpaired) electrons. The Kier molecular flexibility index (Phi) is 9.82. The van der Waals surface area contributed by atoms with E-state index in [0.717, 1.165) is 55.5 Å². The summed E-state index contributed by atoms with van der Waals surface area (Å²) in [6, 6.07) is 16.8. The van der Waals surface area contributed by atoms with Gasteiger partial charge >= 0.3 is 0 Å². The number of hydrogen-bond acceptors (Lipinski definition) is 9. The van der Waals surface area contributed by atoms with Gasteiger partial charge in [-0.3, -0.25) is 10.5 Å². The molecule has 0 spiro atoms. The lowest BCUT2D eigenvalue weighted by molar-refractivity contribution is -0.121. The van der Waals surface area contributed by atoms with Crippen LogP contribution in [0.5, 0.6) is 28.7 Å². The van der Waals surface area contributed by atoms with Crippen LogP contribution in [0, 0.1) is 11.8 Å². The number of nitrogens with one attached hydrogen (secondary N) is 1. The highest BCUT2D eigenvalue weighted by molar-refractivity contribution is 5.79. The summed E-state index contributed by atoms with van der Waals surface area (Å²) in [5, 5.41) is 47.1. The number of fused-ring (bicyclic) bond motifs is 2. The van der Waals surface area contributed by atoms with E-state index in [9.17, 15) is 25.2 Å². The number of hydrogen-bond donors (Lipinski definition) is 6. The molecule has 1 aliphatic heterocycles. The van der Waals surface area contributed by atoms with E-state index in [1.165, 1.54) is 11.6 Å². The Morgan fingerprint density at radius 2 is 1.76 bits per heavy atom. The number of phenols is 3. The van der Waals surface area contributed by atoms with Gasteiger partial charge in [0.25, 0.3) is 0 Å². The Balaban J connectivity index is 1.27. The lowest BCUT2D eigenvalue weighted by atomic mass is 9.65. The minimum absolute atomic E-state index is 0.0139. The Bertz CT molecular complexity index is 1550. The average molecular weight is 629 g/mol. The molecule has 0 saturated carbocycles. The zero-order valence-corrected chi connectivity index (χ0v) is 26.0. The van der Waals surface area contributed by atoms with Gasteiger partial charge in [-0.2, -0.15) is 0 Å². The Hall–Kier alpha value is -4.05. The summed E-state index contributed by atoms with van der Waals surface area (Å²) >= 11 is 0. The largest absolute Gasteiger partial charge is 0.504 e. The molecule has 5 atom stereocenters. The fraction of sp³-hybridized carbons (Fsp3) is 0.432. The third-order valence-corrected chi connectivity index (χ3v) is 9.83. The molecule has 1 saturated heterocycles. The van der Waals surface area contributed by atoms with Crippen molar-refractivity contribution >= 4 is 5.78 Å². The van der Waals surface area contributed by atoms with E-state index in [4.69, 9.17) is 15.2 Å². The number of ketones is 1. The average Bonchev–Trinajstić information content (AvgIpc) is 3.33. The second-order valence-corrected chi connectivity index (χ2v) is 12.8. The number of aliphatic hydroxyl groups is 1. The number of ether oxygens (including phenoxy) is 2. The summed E-state index contributed by atoms with van der Waals surface area (Å²) < 4.78 is 11.7. The zero-order chi connectivity index (χ0) is 32.2. The van der Waals surface area contributed by atoms with Crippen LogP contribution in [0.2, 0.25) is 0 Å². The third-order valence-electron chi connectivity index (χ3n) is 9.83. The molecule has 3 aromatic carbocycles. The van der Waals surface area contributed by atoms with Gasteiger partial charge in [0.05, 0.1) is 6.10 Å². The SMILES string of the molecule is NCOc1cc(CCC(=O)C[C@H](O)[C@@H]2C=C[C@H]3C[C@H](Cc4ccccc4)[C@@H]2c2cc(O)c(O)c(OC4CCNCC4)c23)ccc1O. The second-order valence-electron chi connectivity index (χ2n) is 12.8. The van der Waals surface area contributed by atoms with Crippen LogP contribution in [0.3, 0.4) is 0 Å². The van der Waals surface area contributed by atoms with Crippen LogP contribution >= 0.6 is 0 Å². The minimum Gasteiger partial charge on any atom is -0.504 e. The van der Waals surface area contributed by atoms with Crippen LogP contribution in [-0.4, -0.2) is 58.2 Å². The molecule has 46 heavy (non-hydrogen) atoms. The number of Topliss-reactive ketones (excluding diaryl/α,β-unsaturated/α-hetero) is 1. The molecule has 3 aromatic rings. The van der Waals surface area contributed by atoms with Gasteiger partial charge in [-0.15, -0.1) is 0 Å². The topological polar surface area (TPSA) is 154 Å². The van der Waals surface area contributed by atoms with Crippen molar-refractivity contribution in [3.8, 4) is 28.7 Å². The van der Waals surface area contributed by atoms with Gasteiger partial charge in [-0.1, -0.05) is 48.6 Å². The number of aliphatic hydroxyl groups excluding tert-OH is 1. The Labute approximate surface area is 269 Å².